The van der Waals surface area contributed by atoms with Gasteiger partial charge in [-0.05, 0) is 36.5 Å². The van der Waals surface area contributed by atoms with Gasteiger partial charge in [0, 0.05) is 6.04 Å². The zero-order valence-corrected chi connectivity index (χ0v) is 16.7. The molecule has 1 fully saturated rings. The smallest absolute Gasteiger partial charge is 0.230 e. The predicted molar refractivity (Wildman–Crippen MR) is 106 cm³/mol. The Kier molecular flexibility index (Phi) is 6.60. The molecule has 0 atom stereocenters. The van der Waals surface area contributed by atoms with E-state index in [1.807, 2.05) is 12.1 Å². The fourth-order valence-electron chi connectivity index (χ4n) is 3.07. The number of rotatable bonds is 8. The van der Waals surface area contributed by atoms with Crippen LogP contribution in [0.25, 0.3) is 0 Å². The van der Waals surface area contributed by atoms with Crippen LogP contribution in [0.3, 0.4) is 0 Å². The van der Waals surface area contributed by atoms with Crippen LogP contribution >= 0.6 is 11.8 Å². The molecule has 1 aromatic carbocycles. The molecule has 1 saturated carbocycles. The second kappa shape index (κ2) is 9.12. The summed E-state index contributed by atoms with van der Waals surface area (Å²) in [7, 11) is 0. The number of nitrogens with one attached hydrogen (secondary N) is 1. The molecule has 1 heterocycles. The van der Waals surface area contributed by atoms with Crippen molar-refractivity contribution in [2.24, 2.45) is 0 Å². The molecular formula is C19H27N5O2S. The lowest BCUT2D eigenvalue weighted by Crippen LogP contribution is -2.34. The molecule has 1 amide bonds. The van der Waals surface area contributed by atoms with Crippen molar-refractivity contribution in [1.82, 2.24) is 20.2 Å². The maximum Gasteiger partial charge on any atom is 0.230 e. The van der Waals surface area contributed by atoms with E-state index in [9.17, 15) is 4.79 Å². The van der Waals surface area contributed by atoms with Crippen LogP contribution in [0.15, 0.2) is 29.4 Å². The molecule has 8 heteroatoms. The molecule has 0 bridgehead atoms. The van der Waals surface area contributed by atoms with Crippen molar-refractivity contribution < 1.29 is 9.53 Å². The molecule has 1 aliphatic rings. The number of nitrogens with zero attached hydrogens (tertiary/aromatic N) is 3. The molecule has 27 heavy (non-hydrogen) atoms. The molecule has 1 aromatic heterocycles. The Morgan fingerprint density at radius 3 is 2.67 bits per heavy atom. The summed E-state index contributed by atoms with van der Waals surface area (Å²) in [6.07, 6.45) is 4.53. The van der Waals surface area contributed by atoms with Crippen molar-refractivity contribution in [1.29, 1.82) is 0 Å². The Labute approximate surface area is 164 Å². The van der Waals surface area contributed by atoms with Crippen LogP contribution in [0.1, 0.15) is 56.8 Å². The van der Waals surface area contributed by atoms with Crippen molar-refractivity contribution >= 4 is 17.7 Å². The minimum Gasteiger partial charge on any atom is -0.486 e. The lowest BCUT2D eigenvalue weighted by molar-refractivity contribution is -0.119. The minimum absolute atomic E-state index is 0.0120. The van der Waals surface area contributed by atoms with E-state index < -0.39 is 0 Å². The number of carbonyl (C=O) groups is 1. The zero-order chi connectivity index (χ0) is 19.2. The van der Waals surface area contributed by atoms with Gasteiger partial charge in [0.25, 0.3) is 0 Å². The van der Waals surface area contributed by atoms with E-state index in [1.54, 1.807) is 0 Å². The largest absolute Gasteiger partial charge is 0.486 e. The molecule has 0 spiro atoms. The highest BCUT2D eigenvalue weighted by Gasteiger charge is 2.18. The third-order valence-corrected chi connectivity index (χ3v) is 5.65. The minimum atomic E-state index is 0.0120. The predicted octanol–water partition coefficient (Wildman–Crippen LogP) is 2.85. The van der Waals surface area contributed by atoms with Crippen LogP contribution in [0.4, 0.5) is 0 Å². The van der Waals surface area contributed by atoms with Crippen LogP contribution in [0.5, 0.6) is 5.75 Å². The van der Waals surface area contributed by atoms with Gasteiger partial charge in [-0.1, -0.05) is 50.6 Å². The molecule has 0 radical (unpaired) electrons. The molecule has 2 aromatic rings. The monoisotopic (exact) mass is 389 g/mol. The highest BCUT2D eigenvalue weighted by Crippen LogP contribution is 2.21. The first-order valence-electron chi connectivity index (χ1n) is 9.37. The van der Waals surface area contributed by atoms with Crippen LogP contribution in [0.2, 0.25) is 0 Å². The fraction of sp³-hybridized carbons (Fsp3) is 0.526. The third kappa shape index (κ3) is 5.38. The summed E-state index contributed by atoms with van der Waals surface area (Å²) in [4.78, 5) is 12.0. The summed E-state index contributed by atoms with van der Waals surface area (Å²) in [6, 6.07) is 8.31. The number of aromatic nitrogens is 3. The van der Waals surface area contributed by atoms with Crippen molar-refractivity contribution in [2.75, 3.05) is 11.6 Å². The van der Waals surface area contributed by atoms with Crippen molar-refractivity contribution in [3.63, 3.8) is 0 Å². The van der Waals surface area contributed by atoms with Crippen molar-refractivity contribution in [3.05, 3.63) is 35.7 Å². The lowest BCUT2D eigenvalue weighted by atomic mass is 10.0. The van der Waals surface area contributed by atoms with Crippen LogP contribution < -0.4 is 15.9 Å². The Morgan fingerprint density at radius 1 is 1.30 bits per heavy atom. The average Bonchev–Trinajstić information content (AvgIpc) is 3.28. The summed E-state index contributed by atoms with van der Waals surface area (Å²) >= 11 is 1.28. The number of benzene rings is 1. The summed E-state index contributed by atoms with van der Waals surface area (Å²) < 4.78 is 7.13. The molecule has 1 aliphatic carbocycles. The topological polar surface area (TPSA) is 95.1 Å². The van der Waals surface area contributed by atoms with E-state index in [0.717, 1.165) is 18.6 Å². The first-order chi connectivity index (χ1) is 13.0. The van der Waals surface area contributed by atoms with Gasteiger partial charge in [0.1, 0.15) is 12.4 Å². The standard InChI is InChI=1S/C19H27N5O2S/c1-13(2)14-7-9-16(10-8-14)26-11-17-22-23-19(24(17)20)27-12-18(25)21-15-5-3-4-6-15/h7-10,13,15H,3-6,11-12,20H2,1-2H3,(H,21,25). The highest BCUT2D eigenvalue weighted by molar-refractivity contribution is 7.99. The number of nitrogens with two attached hydrogens (primary N) is 1. The van der Waals surface area contributed by atoms with Gasteiger partial charge >= 0.3 is 0 Å². The Morgan fingerprint density at radius 2 is 2.00 bits per heavy atom. The lowest BCUT2D eigenvalue weighted by Gasteiger charge is -2.11. The van der Waals surface area contributed by atoms with E-state index in [-0.39, 0.29) is 18.3 Å². The van der Waals surface area contributed by atoms with Gasteiger partial charge in [-0.3, -0.25) is 4.79 Å². The number of carbonyl (C=O) groups excluding carboxylic acids is 1. The fourth-order valence-corrected chi connectivity index (χ4v) is 3.76. The summed E-state index contributed by atoms with van der Waals surface area (Å²) in [5, 5.41) is 11.7. The number of nitrogen functional groups attached to an aromatic ring is 1. The van der Waals surface area contributed by atoms with Gasteiger partial charge in [-0.15, -0.1) is 10.2 Å². The van der Waals surface area contributed by atoms with Gasteiger partial charge < -0.3 is 15.9 Å². The molecule has 146 valence electrons. The summed E-state index contributed by atoms with van der Waals surface area (Å²) in [5.41, 5.74) is 1.26. The number of thioether (sulfide) groups is 1. The first kappa shape index (κ1) is 19.5. The second-order valence-corrected chi connectivity index (χ2v) is 8.06. The second-order valence-electron chi connectivity index (χ2n) is 7.12. The maximum atomic E-state index is 12.0. The number of hydrogen-bond acceptors (Lipinski definition) is 6. The Hall–Kier alpha value is -2.22. The van der Waals surface area contributed by atoms with Crippen molar-refractivity contribution in [2.45, 2.75) is 63.3 Å². The van der Waals surface area contributed by atoms with Gasteiger partial charge in [0.05, 0.1) is 5.75 Å². The zero-order valence-electron chi connectivity index (χ0n) is 15.9. The number of ether oxygens (including phenoxy) is 1. The molecule has 0 aliphatic heterocycles. The van der Waals surface area contributed by atoms with Gasteiger partial charge in [-0.25, -0.2) is 4.68 Å². The van der Waals surface area contributed by atoms with Crippen LogP contribution in [0, 0.1) is 0 Å². The first-order valence-corrected chi connectivity index (χ1v) is 10.4. The summed E-state index contributed by atoms with van der Waals surface area (Å²) in [5.74, 6) is 8.09. The van der Waals surface area contributed by atoms with E-state index >= 15 is 0 Å². The van der Waals surface area contributed by atoms with E-state index in [0.29, 0.717) is 22.9 Å². The highest BCUT2D eigenvalue weighted by atomic mass is 32.2. The van der Waals surface area contributed by atoms with Gasteiger partial charge in [0.15, 0.2) is 5.82 Å². The van der Waals surface area contributed by atoms with E-state index in [1.165, 1.54) is 34.8 Å². The van der Waals surface area contributed by atoms with Crippen molar-refractivity contribution in [3.8, 4) is 5.75 Å². The van der Waals surface area contributed by atoms with Gasteiger partial charge in [-0.2, -0.15) is 0 Å². The molecule has 3 N–H and O–H groups in total. The normalized spacial score (nSPS) is 14.6. The van der Waals surface area contributed by atoms with E-state index in [2.05, 4.69) is 41.5 Å². The van der Waals surface area contributed by atoms with Gasteiger partial charge in [0.2, 0.25) is 11.1 Å². The summed E-state index contributed by atoms with van der Waals surface area (Å²) in [6.45, 7) is 4.53. The quantitative estimate of drug-likeness (QED) is 0.532. The average molecular weight is 390 g/mol. The number of hydrogen-bond donors (Lipinski definition) is 2. The van der Waals surface area contributed by atoms with E-state index in [4.69, 9.17) is 10.6 Å². The Bertz CT molecular complexity index is 754. The molecule has 7 nitrogen and oxygen atoms in total. The molecule has 0 saturated heterocycles. The SMILES string of the molecule is CC(C)c1ccc(OCc2nnc(SCC(=O)NC3CCCC3)n2N)cc1. The molecular weight excluding hydrogens is 362 g/mol. The maximum absolute atomic E-state index is 12.0. The van der Waals surface area contributed by atoms with Crippen LogP contribution in [-0.4, -0.2) is 32.6 Å². The Balaban J connectivity index is 1.48. The van der Waals surface area contributed by atoms with Crippen LogP contribution in [-0.2, 0) is 11.4 Å². The molecule has 0 unspecified atom stereocenters. The third-order valence-electron chi connectivity index (χ3n) is 4.70. The number of amides is 1. The molecule has 3 rings (SSSR count).